The Morgan fingerprint density at radius 2 is 0.792 bits per heavy atom. The molecule has 1 aliphatic heterocycles. The summed E-state index contributed by atoms with van der Waals surface area (Å²) < 4.78 is 0. The second-order valence-corrected chi connectivity index (χ2v) is 15.4. The molecule has 0 unspecified atom stereocenters. The van der Waals surface area contributed by atoms with Crippen LogP contribution in [0.3, 0.4) is 0 Å². The van der Waals surface area contributed by atoms with Gasteiger partial charge in [0.2, 0.25) is 0 Å². The van der Waals surface area contributed by atoms with Gasteiger partial charge in [0.25, 0.3) is 0 Å². The highest BCUT2D eigenvalue weighted by atomic mass is 32.2. The molecule has 0 fully saturated rings. The van der Waals surface area contributed by atoms with Crippen molar-refractivity contribution in [3.63, 3.8) is 0 Å². The average molecular weight is 698 g/mol. The van der Waals surface area contributed by atoms with Crippen LogP contribution in [0.25, 0.3) is 45.3 Å². The molecule has 0 saturated heterocycles. The molecular formula is C49H35N3S. The van der Waals surface area contributed by atoms with Crippen LogP contribution in [0.15, 0.2) is 186 Å². The van der Waals surface area contributed by atoms with Crippen LogP contribution in [-0.2, 0) is 10.8 Å². The first-order valence-electron chi connectivity index (χ1n) is 18.1. The van der Waals surface area contributed by atoms with Gasteiger partial charge in [-0.15, -0.1) is 0 Å². The zero-order valence-corrected chi connectivity index (χ0v) is 30.3. The van der Waals surface area contributed by atoms with Gasteiger partial charge in [0.05, 0.1) is 5.41 Å². The Balaban J connectivity index is 1.25. The zero-order valence-electron chi connectivity index (χ0n) is 29.5. The third kappa shape index (κ3) is 4.79. The molecule has 0 saturated carbocycles. The lowest BCUT2D eigenvalue weighted by atomic mass is 9.54. The third-order valence-electron chi connectivity index (χ3n) is 11.1. The fourth-order valence-corrected chi connectivity index (χ4v) is 10.0. The molecule has 0 bridgehead atoms. The van der Waals surface area contributed by atoms with Gasteiger partial charge in [-0.3, -0.25) is 0 Å². The Morgan fingerprint density at radius 1 is 0.358 bits per heavy atom. The highest BCUT2D eigenvalue weighted by Crippen LogP contribution is 2.62. The van der Waals surface area contributed by atoms with E-state index < -0.39 is 5.41 Å². The van der Waals surface area contributed by atoms with E-state index in [4.69, 9.17) is 15.0 Å². The van der Waals surface area contributed by atoms with Crippen LogP contribution in [0, 0.1) is 0 Å². The summed E-state index contributed by atoms with van der Waals surface area (Å²) in [4.78, 5) is 17.8. The number of aromatic nitrogens is 3. The van der Waals surface area contributed by atoms with Gasteiger partial charge in [0.15, 0.2) is 17.5 Å². The molecule has 4 heteroatoms. The highest BCUT2D eigenvalue weighted by molar-refractivity contribution is 7.99. The van der Waals surface area contributed by atoms with Gasteiger partial charge >= 0.3 is 0 Å². The Hall–Kier alpha value is -6.10. The van der Waals surface area contributed by atoms with Crippen LogP contribution in [0.1, 0.15) is 47.2 Å². The van der Waals surface area contributed by atoms with E-state index in [1.807, 2.05) is 48.2 Å². The van der Waals surface area contributed by atoms with Crippen molar-refractivity contribution in [3.05, 3.63) is 209 Å². The van der Waals surface area contributed by atoms with E-state index in [-0.39, 0.29) is 5.41 Å². The van der Waals surface area contributed by atoms with E-state index >= 15 is 0 Å². The van der Waals surface area contributed by atoms with E-state index in [0.717, 1.165) is 22.3 Å². The monoisotopic (exact) mass is 697 g/mol. The molecule has 1 spiro atoms. The van der Waals surface area contributed by atoms with Gasteiger partial charge in [-0.25, -0.2) is 15.0 Å². The SMILES string of the molecule is CC1(C)c2ccccc2C2(c3ccccc3Sc3c(-c4ccccc4-c4nc(-c5ccccc5)nc(-c5ccccc5)n4)cccc32)c2ccccc21. The fraction of sp³-hybridized carbons (Fsp3) is 0.0816. The first kappa shape index (κ1) is 31.6. The molecular weight excluding hydrogens is 663 g/mol. The maximum absolute atomic E-state index is 5.16. The second-order valence-electron chi connectivity index (χ2n) is 14.3. The van der Waals surface area contributed by atoms with Crippen LogP contribution in [-0.4, -0.2) is 15.0 Å². The van der Waals surface area contributed by atoms with Crippen molar-refractivity contribution in [2.24, 2.45) is 0 Å². The Bertz CT molecular complexity index is 2580. The maximum Gasteiger partial charge on any atom is 0.164 e. The molecule has 53 heavy (non-hydrogen) atoms. The maximum atomic E-state index is 5.16. The van der Waals surface area contributed by atoms with Crippen LogP contribution in [0.5, 0.6) is 0 Å². The smallest absolute Gasteiger partial charge is 0.164 e. The average Bonchev–Trinajstić information content (AvgIpc) is 3.23. The predicted molar refractivity (Wildman–Crippen MR) is 216 cm³/mol. The lowest BCUT2D eigenvalue weighted by Crippen LogP contribution is -2.43. The molecule has 1 aromatic heterocycles. The van der Waals surface area contributed by atoms with Crippen molar-refractivity contribution in [1.29, 1.82) is 0 Å². The van der Waals surface area contributed by atoms with Crippen molar-refractivity contribution in [2.45, 2.75) is 34.5 Å². The zero-order chi connectivity index (χ0) is 35.6. The van der Waals surface area contributed by atoms with E-state index in [0.29, 0.717) is 17.5 Å². The van der Waals surface area contributed by atoms with Crippen LogP contribution < -0.4 is 0 Å². The van der Waals surface area contributed by atoms with Gasteiger partial charge in [0.1, 0.15) is 0 Å². The van der Waals surface area contributed by atoms with Crippen LogP contribution >= 0.6 is 11.8 Å². The third-order valence-corrected chi connectivity index (χ3v) is 12.3. The summed E-state index contributed by atoms with van der Waals surface area (Å²) in [7, 11) is 0. The molecule has 1 aliphatic carbocycles. The summed E-state index contributed by atoms with van der Waals surface area (Å²) in [5, 5.41) is 0. The van der Waals surface area contributed by atoms with Crippen molar-refractivity contribution < 1.29 is 0 Å². The topological polar surface area (TPSA) is 38.7 Å². The highest BCUT2D eigenvalue weighted by Gasteiger charge is 2.52. The molecule has 2 heterocycles. The number of nitrogens with zero attached hydrogens (tertiary/aromatic N) is 3. The second kappa shape index (κ2) is 12.3. The number of hydrogen-bond donors (Lipinski definition) is 0. The molecule has 0 N–H and O–H groups in total. The van der Waals surface area contributed by atoms with Gasteiger partial charge in [-0.05, 0) is 50.6 Å². The summed E-state index contributed by atoms with van der Waals surface area (Å²) in [6.45, 7) is 4.74. The predicted octanol–water partition coefficient (Wildman–Crippen LogP) is 12.0. The summed E-state index contributed by atoms with van der Waals surface area (Å²) in [6.07, 6.45) is 0. The standard InChI is InChI=1S/C49H35N3S/c1-48(2)37-25-11-13-27-39(37)49(40-28-14-12-26-38(40)48)41-29-15-16-31-43(41)53-44-35(24-17-30-42(44)49)34-22-9-10-23-36(34)47-51-45(32-18-5-3-6-19-32)50-46(52-47)33-20-7-4-8-21-33/h3-31H,1-2H3. The largest absolute Gasteiger partial charge is 0.208 e. The number of fused-ring (bicyclic) bond motifs is 8. The van der Waals surface area contributed by atoms with E-state index in [9.17, 15) is 0 Å². The van der Waals surface area contributed by atoms with Crippen LogP contribution in [0.4, 0.5) is 0 Å². The Morgan fingerprint density at radius 3 is 1.40 bits per heavy atom. The molecule has 0 radical (unpaired) electrons. The molecule has 8 aromatic rings. The normalized spacial score (nSPS) is 14.5. The Kier molecular flexibility index (Phi) is 7.31. The Labute approximate surface area is 314 Å². The quantitative estimate of drug-likeness (QED) is 0.183. The van der Waals surface area contributed by atoms with Gasteiger partial charge in [0, 0.05) is 31.9 Å². The van der Waals surface area contributed by atoms with Gasteiger partial charge in [-0.1, -0.05) is 195 Å². The van der Waals surface area contributed by atoms with E-state index in [2.05, 4.69) is 153 Å². The summed E-state index contributed by atoms with van der Waals surface area (Å²) in [6, 6.07) is 63.1. The minimum atomic E-state index is -0.501. The summed E-state index contributed by atoms with van der Waals surface area (Å²) >= 11 is 1.87. The van der Waals surface area contributed by atoms with Crippen LogP contribution in [0.2, 0.25) is 0 Å². The molecule has 7 aromatic carbocycles. The lowest BCUT2D eigenvalue weighted by Gasteiger charge is -2.50. The lowest BCUT2D eigenvalue weighted by molar-refractivity contribution is 0.549. The van der Waals surface area contributed by atoms with Gasteiger partial charge in [-0.2, -0.15) is 0 Å². The van der Waals surface area contributed by atoms with Gasteiger partial charge < -0.3 is 0 Å². The minimum Gasteiger partial charge on any atom is -0.208 e. The first-order valence-corrected chi connectivity index (χ1v) is 18.9. The summed E-state index contributed by atoms with van der Waals surface area (Å²) in [5.74, 6) is 1.95. The molecule has 3 nitrogen and oxygen atoms in total. The van der Waals surface area contributed by atoms with Crippen molar-refractivity contribution in [2.75, 3.05) is 0 Å². The fourth-order valence-electron chi connectivity index (χ4n) is 8.70. The minimum absolute atomic E-state index is 0.159. The first-order chi connectivity index (χ1) is 26.0. The summed E-state index contributed by atoms with van der Waals surface area (Å²) in [5.41, 5.74) is 12.5. The van der Waals surface area contributed by atoms with Crippen molar-refractivity contribution in [3.8, 4) is 45.3 Å². The number of benzene rings is 7. The molecule has 2 aliphatic rings. The van der Waals surface area contributed by atoms with E-state index in [1.54, 1.807) is 0 Å². The van der Waals surface area contributed by atoms with E-state index in [1.165, 1.54) is 48.7 Å². The molecule has 0 atom stereocenters. The van der Waals surface area contributed by atoms with Crippen molar-refractivity contribution >= 4 is 11.8 Å². The molecule has 10 rings (SSSR count). The number of rotatable bonds is 4. The molecule has 0 amide bonds. The van der Waals surface area contributed by atoms with Crippen molar-refractivity contribution in [1.82, 2.24) is 15.0 Å². The molecule has 252 valence electrons. The number of hydrogen-bond acceptors (Lipinski definition) is 4.